The Morgan fingerprint density at radius 1 is 0.818 bits per heavy atom. The van der Waals surface area contributed by atoms with E-state index in [9.17, 15) is 14.4 Å². The molecule has 0 aromatic rings. The van der Waals surface area contributed by atoms with E-state index in [0.29, 0.717) is 11.6 Å². The molecule has 0 atom stereocenters. The largest absolute Gasteiger partial charge is 0.738 e. The SMILES string of the molecule is CC(=O)O[Si](OC(C)=O)(OC(C)=O)C1=CCCCCCCC1. The van der Waals surface area contributed by atoms with Crippen LogP contribution in [0.1, 0.15) is 65.7 Å². The van der Waals surface area contributed by atoms with Gasteiger partial charge in [0.25, 0.3) is 17.9 Å². The molecule has 0 aromatic carbocycles. The van der Waals surface area contributed by atoms with Crippen molar-refractivity contribution in [2.24, 2.45) is 0 Å². The number of carbonyl (C=O) groups excluding carboxylic acids is 3. The second kappa shape index (κ2) is 8.72. The summed E-state index contributed by atoms with van der Waals surface area (Å²) >= 11 is 0. The van der Waals surface area contributed by atoms with Crippen LogP contribution < -0.4 is 0 Å². The van der Waals surface area contributed by atoms with Gasteiger partial charge in [0.1, 0.15) is 0 Å². The maximum atomic E-state index is 11.5. The molecule has 6 nitrogen and oxygen atoms in total. The van der Waals surface area contributed by atoms with E-state index in [0.717, 1.165) is 38.5 Å². The van der Waals surface area contributed by atoms with Gasteiger partial charge in [0.15, 0.2) is 0 Å². The lowest BCUT2D eigenvalue weighted by Gasteiger charge is -2.28. The van der Waals surface area contributed by atoms with Crippen LogP contribution in [0.15, 0.2) is 11.3 Å². The van der Waals surface area contributed by atoms with Crippen molar-refractivity contribution in [2.45, 2.75) is 65.7 Å². The highest BCUT2D eigenvalue weighted by Gasteiger charge is 2.55. The van der Waals surface area contributed by atoms with Gasteiger partial charge >= 0.3 is 8.80 Å². The van der Waals surface area contributed by atoms with E-state index in [4.69, 9.17) is 13.3 Å². The van der Waals surface area contributed by atoms with Gasteiger partial charge in [-0.15, -0.1) is 0 Å². The van der Waals surface area contributed by atoms with Crippen molar-refractivity contribution in [3.05, 3.63) is 11.3 Å². The molecule has 0 fully saturated rings. The van der Waals surface area contributed by atoms with Crippen molar-refractivity contribution in [3.8, 4) is 0 Å². The number of rotatable bonds is 4. The summed E-state index contributed by atoms with van der Waals surface area (Å²) in [4.78, 5) is 34.5. The molecule has 0 saturated heterocycles. The van der Waals surface area contributed by atoms with Crippen molar-refractivity contribution in [3.63, 3.8) is 0 Å². The highest BCUT2D eigenvalue weighted by Crippen LogP contribution is 2.28. The molecule has 0 heterocycles. The van der Waals surface area contributed by atoms with E-state index < -0.39 is 26.7 Å². The zero-order valence-electron chi connectivity index (χ0n) is 13.5. The van der Waals surface area contributed by atoms with Crippen LogP contribution in [0.4, 0.5) is 0 Å². The van der Waals surface area contributed by atoms with E-state index in [1.54, 1.807) is 0 Å². The summed E-state index contributed by atoms with van der Waals surface area (Å²) in [5.74, 6) is -1.89. The molecule has 0 aromatic heterocycles. The second-order valence-electron chi connectivity index (χ2n) is 5.37. The Kier molecular flexibility index (Phi) is 7.30. The predicted molar refractivity (Wildman–Crippen MR) is 81.5 cm³/mol. The Hall–Kier alpha value is -1.63. The molecule has 0 saturated carbocycles. The summed E-state index contributed by atoms with van der Waals surface area (Å²) in [6, 6.07) is 0. The molecule has 22 heavy (non-hydrogen) atoms. The van der Waals surface area contributed by atoms with Crippen molar-refractivity contribution in [1.82, 2.24) is 0 Å². The molecule has 0 N–H and O–H groups in total. The average molecular weight is 328 g/mol. The molecule has 0 aliphatic heterocycles. The fourth-order valence-electron chi connectivity index (χ4n) is 2.47. The van der Waals surface area contributed by atoms with Crippen LogP contribution in [0.25, 0.3) is 0 Å². The van der Waals surface area contributed by atoms with Crippen LogP contribution in [-0.2, 0) is 27.7 Å². The maximum absolute atomic E-state index is 11.5. The fraction of sp³-hybridized carbons (Fsp3) is 0.667. The van der Waals surface area contributed by atoms with Crippen LogP contribution in [0.3, 0.4) is 0 Å². The summed E-state index contributed by atoms with van der Waals surface area (Å²) in [7, 11) is -3.85. The van der Waals surface area contributed by atoms with Crippen molar-refractivity contribution >= 4 is 26.7 Å². The van der Waals surface area contributed by atoms with E-state index >= 15 is 0 Å². The minimum atomic E-state index is -3.85. The van der Waals surface area contributed by atoms with Gasteiger partial charge in [0.05, 0.1) is 0 Å². The van der Waals surface area contributed by atoms with Gasteiger partial charge in [0, 0.05) is 26.0 Å². The second-order valence-corrected chi connectivity index (χ2v) is 7.74. The van der Waals surface area contributed by atoms with Gasteiger partial charge in [-0.25, -0.2) is 0 Å². The van der Waals surface area contributed by atoms with E-state index in [2.05, 4.69) is 0 Å². The van der Waals surface area contributed by atoms with Gasteiger partial charge in [-0.05, 0) is 25.7 Å². The van der Waals surface area contributed by atoms with Gasteiger partial charge in [-0.2, -0.15) is 0 Å². The normalized spacial score (nSPS) is 16.4. The number of hydrogen-bond donors (Lipinski definition) is 0. The summed E-state index contributed by atoms with van der Waals surface area (Å²) < 4.78 is 15.8. The quantitative estimate of drug-likeness (QED) is 0.738. The van der Waals surface area contributed by atoms with Crippen LogP contribution >= 0.6 is 0 Å². The number of hydrogen-bond acceptors (Lipinski definition) is 6. The van der Waals surface area contributed by atoms with Crippen molar-refractivity contribution in [2.75, 3.05) is 0 Å². The molecule has 1 rings (SSSR count). The van der Waals surface area contributed by atoms with Crippen molar-refractivity contribution in [1.29, 1.82) is 0 Å². The lowest BCUT2D eigenvalue weighted by Crippen LogP contribution is -2.51. The Morgan fingerprint density at radius 3 is 1.77 bits per heavy atom. The average Bonchev–Trinajstić information content (AvgIpc) is 2.49. The van der Waals surface area contributed by atoms with Crippen LogP contribution in [0, 0.1) is 0 Å². The van der Waals surface area contributed by atoms with Crippen LogP contribution in [-0.4, -0.2) is 26.7 Å². The first-order valence-corrected chi connectivity index (χ1v) is 9.36. The lowest BCUT2D eigenvalue weighted by atomic mass is 10.1. The molecule has 7 heteroatoms. The maximum Gasteiger partial charge on any atom is 0.738 e. The lowest BCUT2D eigenvalue weighted by molar-refractivity contribution is -0.147. The van der Waals surface area contributed by atoms with Gasteiger partial charge in [0.2, 0.25) is 0 Å². The molecule has 1 aliphatic carbocycles. The monoisotopic (exact) mass is 328 g/mol. The molecule has 0 bridgehead atoms. The summed E-state index contributed by atoms with van der Waals surface area (Å²) in [6.45, 7) is 3.64. The highest BCUT2D eigenvalue weighted by atomic mass is 28.4. The van der Waals surface area contributed by atoms with E-state index in [-0.39, 0.29) is 0 Å². The molecule has 1 aliphatic rings. The first-order valence-electron chi connectivity index (χ1n) is 7.64. The molecule has 124 valence electrons. The van der Waals surface area contributed by atoms with E-state index in [1.807, 2.05) is 6.08 Å². The zero-order valence-corrected chi connectivity index (χ0v) is 14.5. The number of carbonyl (C=O) groups is 3. The minimum absolute atomic E-state index is 0.597. The third-order valence-corrected chi connectivity index (χ3v) is 6.18. The van der Waals surface area contributed by atoms with Gasteiger partial charge in [-0.1, -0.05) is 25.3 Å². The van der Waals surface area contributed by atoms with Crippen LogP contribution in [0.5, 0.6) is 0 Å². The summed E-state index contributed by atoms with van der Waals surface area (Å²) in [5, 5.41) is 0.648. The van der Waals surface area contributed by atoms with E-state index in [1.165, 1.54) is 20.8 Å². The highest BCUT2D eigenvalue weighted by molar-refractivity contribution is 6.73. The summed E-state index contributed by atoms with van der Waals surface area (Å²) in [6.07, 6.45) is 8.50. The smallest absolute Gasteiger partial charge is 0.452 e. The third-order valence-electron chi connectivity index (χ3n) is 3.27. The topological polar surface area (TPSA) is 78.9 Å². The third kappa shape index (κ3) is 6.01. The van der Waals surface area contributed by atoms with Gasteiger partial charge < -0.3 is 13.3 Å². The number of allylic oxidation sites excluding steroid dienone is 2. The standard InChI is InChI=1S/C15H24O6Si/c1-12(16)19-22(20-13(2)17,21-14(3)18)15-10-8-6-4-5-7-9-11-15/h10H,4-9,11H2,1-3H3. The Bertz CT molecular complexity index is 416. The molecule has 0 amide bonds. The fourth-order valence-corrected chi connectivity index (χ4v) is 5.00. The Morgan fingerprint density at radius 2 is 1.27 bits per heavy atom. The Balaban J connectivity index is 3.18. The van der Waals surface area contributed by atoms with Gasteiger partial charge in [-0.3, -0.25) is 14.4 Å². The summed E-state index contributed by atoms with van der Waals surface area (Å²) in [5.41, 5.74) is 0. The van der Waals surface area contributed by atoms with Crippen molar-refractivity contribution < 1.29 is 27.7 Å². The molecular formula is C15H24O6Si. The van der Waals surface area contributed by atoms with Crippen LogP contribution in [0.2, 0.25) is 0 Å². The molecular weight excluding hydrogens is 304 g/mol. The molecule has 0 unspecified atom stereocenters. The zero-order chi connectivity index (χ0) is 16.6. The molecule has 0 spiro atoms. The minimum Gasteiger partial charge on any atom is -0.452 e. The first kappa shape index (κ1) is 18.4. The first-order chi connectivity index (χ1) is 10.4. The predicted octanol–water partition coefficient (Wildman–Crippen LogP) is 2.82. The molecule has 0 radical (unpaired) electrons. The Labute approximate surface area is 132 Å².